The van der Waals surface area contributed by atoms with Gasteiger partial charge >= 0.3 is 0 Å². The summed E-state index contributed by atoms with van der Waals surface area (Å²) >= 11 is 0. The number of aromatic nitrogens is 3. The van der Waals surface area contributed by atoms with E-state index in [1.54, 1.807) is 0 Å². The lowest BCUT2D eigenvalue weighted by molar-refractivity contribution is 0.0678. The van der Waals surface area contributed by atoms with Crippen molar-refractivity contribution in [2.45, 2.75) is 26.3 Å². The van der Waals surface area contributed by atoms with E-state index in [2.05, 4.69) is 39.7 Å². The first kappa shape index (κ1) is 17.0. The van der Waals surface area contributed by atoms with Gasteiger partial charge in [0.1, 0.15) is 11.5 Å². The van der Waals surface area contributed by atoms with Crippen LogP contribution in [0.25, 0.3) is 21.9 Å². The lowest BCUT2D eigenvalue weighted by Crippen LogP contribution is -2.39. The fourth-order valence-corrected chi connectivity index (χ4v) is 4.36. The molecule has 0 atom stereocenters. The summed E-state index contributed by atoms with van der Waals surface area (Å²) in [6.45, 7) is 4.67. The number of carbonyl (C=O) groups excluding carboxylic acids is 1. The Balaban J connectivity index is 1.27. The Labute approximate surface area is 164 Å². The zero-order chi connectivity index (χ0) is 19.1. The SMILES string of the molecule is Cc1nc2ccccc2n1CC1CCN(C(=O)c2cc3ccccc3[nH]2)CC1. The van der Waals surface area contributed by atoms with Crippen molar-refractivity contribution in [2.75, 3.05) is 13.1 Å². The van der Waals surface area contributed by atoms with Crippen molar-refractivity contribution in [3.05, 3.63) is 66.1 Å². The fraction of sp³-hybridized carbons (Fsp3) is 0.304. The quantitative estimate of drug-likeness (QED) is 0.580. The van der Waals surface area contributed by atoms with Gasteiger partial charge in [-0.1, -0.05) is 30.3 Å². The molecule has 142 valence electrons. The van der Waals surface area contributed by atoms with Gasteiger partial charge < -0.3 is 14.5 Å². The van der Waals surface area contributed by atoms with Crippen molar-refractivity contribution in [3.8, 4) is 0 Å². The summed E-state index contributed by atoms with van der Waals surface area (Å²) in [4.78, 5) is 22.8. The Morgan fingerprint density at radius 3 is 2.68 bits per heavy atom. The van der Waals surface area contributed by atoms with E-state index in [1.165, 1.54) is 5.52 Å². The van der Waals surface area contributed by atoms with Crippen LogP contribution in [0, 0.1) is 12.8 Å². The third-order valence-electron chi connectivity index (χ3n) is 5.95. The molecule has 5 nitrogen and oxygen atoms in total. The number of amides is 1. The molecule has 1 aliphatic heterocycles. The van der Waals surface area contributed by atoms with Gasteiger partial charge in [-0.25, -0.2) is 4.98 Å². The smallest absolute Gasteiger partial charge is 0.270 e. The van der Waals surface area contributed by atoms with Gasteiger partial charge in [0, 0.05) is 30.5 Å². The fourth-order valence-electron chi connectivity index (χ4n) is 4.36. The van der Waals surface area contributed by atoms with Crippen LogP contribution in [0.5, 0.6) is 0 Å². The maximum absolute atomic E-state index is 12.9. The largest absolute Gasteiger partial charge is 0.351 e. The highest BCUT2D eigenvalue weighted by atomic mass is 16.2. The summed E-state index contributed by atoms with van der Waals surface area (Å²) in [5.41, 5.74) is 3.97. The first-order valence-electron chi connectivity index (χ1n) is 9.98. The molecule has 0 unspecified atom stereocenters. The molecule has 2 aromatic carbocycles. The second kappa shape index (κ2) is 6.82. The number of hydrogen-bond donors (Lipinski definition) is 1. The molecule has 5 rings (SSSR count). The molecule has 0 spiro atoms. The normalized spacial score (nSPS) is 15.5. The first-order chi connectivity index (χ1) is 13.7. The molecule has 3 heterocycles. The number of nitrogens with zero attached hydrogens (tertiary/aromatic N) is 3. The average molecular weight is 372 g/mol. The number of nitrogens with one attached hydrogen (secondary N) is 1. The number of piperidine rings is 1. The second-order valence-electron chi connectivity index (χ2n) is 7.76. The number of hydrogen-bond acceptors (Lipinski definition) is 2. The molecular formula is C23H24N4O. The number of imidazole rings is 1. The van der Waals surface area contributed by atoms with Gasteiger partial charge in [-0.3, -0.25) is 4.79 Å². The van der Waals surface area contributed by atoms with Crippen molar-refractivity contribution in [3.63, 3.8) is 0 Å². The van der Waals surface area contributed by atoms with Gasteiger partial charge in [-0.2, -0.15) is 0 Å². The molecule has 0 saturated carbocycles. The van der Waals surface area contributed by atoms with E-state index in [1.807, 2.05) is 41.3 Å². The van der Waals surface area contributed by atoms with Crippen LogP contribution >= 0.6 is 0 Å². The molecule has 0 aliphatic carbocycles. The summed E-state index contributed by atoms with van der Waals surface area (Å²) in [5, 5.41) is 1.09. The van der Waals surface area contributed by atoms with Crippen LogP contribution < -0.4 is 0 Å². The minimum Gasteiger partial charge on any atom is -0.351 e. The molecule has 1 aliphatic rings. The molecule has 1 N–H and O–H groups in total. The lowest BCUT2D eigenvalue weighted by Gasteiger charge is -2.32. The third kappa shape index (κ3) is 2.97. The van der Waals surface area contributed by atoms with E-state index in [0.29, 0.717) is 11.6 Å². The molecular weight excluding hydrogens is 348 g/mol. The lowest BCUT2D eigenvalue weighted by atomic mass is 9.96. The summed E-state index contributed by atoms with van der Waals surface area (Å²) in [6, 6.07) is 18.3. The number of aryl methyl sites for hydroxylation is 1. The number of benzene rings is 2. The number of H-pyrrole nitrogens is 1. The molecule has 1 amide bonds. The summed E-state index contributed by atoms with van der Waals surface area (Å²) in [7, 11) is 0. The highest BCUT2D eigenvalue weighted by Crippen LogP contribution is 2.25. The Morgan fingerprint density at radius 1 is 1.11 bits per heavy atom. The molecule has 0 bridgehead atoms. The van der Waals surface area contributed by atoms with E-state index in [4.69, 9.17) is 0 Å². The average Bonchev–Trinajstić information content (AvgIpc) is 3.29. The van der Waals surface area contributed by atoms with Crippen LogP contribution in [-0.4, -0.2) is 38.4 Å². The Morgan fingerprint density at radius 2 is 1.86 bits per heavy atom. The van der Waals surface area contributed by atoms with Crippen molar-refractivity contribution in [1.82, 2.24) is 19.4 Å². The van der Waals surface area contributed by atoms with E-state index in [0.717, 1.165) is 54.7 Å². The van der Waals surface area contributed by atoms with E-state index < -0.39 is 0 Å². The van der Waals surface area contributed by atoms with Gasteiger partial charge in [0.15, 0.2) is 0 Å². The Bertz CT molecular complexity index is 1110. The predicted molar refractivity (Wildman–Crippen MR) is 111 cm³/mol. The highest BCUT2D eigenvalue weighted by molar-refractivity contribution is 5.98. The van der Waals surface area contributed by atoms with Gasteiger partial charge in [-0.15, -0.1) is 0 Å². The van der Waals surface area contributed by atoms with Crippen LogP contribution in [0.4, 0.5) is 0 Å². The van der Waals surface area contributed by atoms with Crippen molar-refractivity contribution in [1.29, 1.82) is 0 Å². The number of aromatic amines is 1. The number of fused-ring (bicyclic) bond motifs is 2. The topological polar surface area (TPSA) is 53.9 Å². The zero-order valence-electron chi connectivity index (χ0n) is 16.1. The van der Waals surface area contributed by atoms with E-state index in [9.17, 15) is 4.79 Å². The molecule has 4 aromatic rings. The van der Waals surface area contributed by atoms with Crippen LogP contribution in [0.2, 0.25) is 0 Å². The standard InChI is InChI=1S/C23H24N4O/c1-16-24-20-8-4-5-9-22(20)27(16)15-17-10-12-26(13-11-17)23(28)21-14-18-6-2-3-7-19(18)25-21/h2-9,14,17,25H,10-13,15H2,1H3. The Hall–Kier alpha value is -3.08. The van der Waals surface area contributed by atoms with Gasteiger partial charge in [0.2, 0.25) is 0 Å². The van der Waals surface area contributed by atoms with Crippen molar-refractivity contribution >= 4 is 27.8 Å². The summed E-state index contributed by atoms with van der Waals surface area (Å²) in [5.74, 6) is 1.75. The van der Waals surface area contributed by atoms with Gasteiger partial charge in [-0.05, 0) is 49.9 Å². The van der Waals surface area contributed by atoms with E-state index >= 15 is 0 Å². The number of para-hydroxylation sites is 3. The summed E-state index contributed by atoms with van der Waals surface area (Å²) in [6.07, 6.45) is 2.05. The number of rotatable bonds is 3. The minimum atomic E-state index is 0.110. The minimum absolute atomic E-state index is 0.110. The second-order valence-corrected chi connectivity index (χ2v) is 7.76. The van der Waals surface area contributed by atoms with Crippen LogP contribution in [0.3, 0.4) is 0 Å². The van der Waals surface area contributed by atoms with Crippen molar-refractivity contribution in [2.24, 2.45) is 5.92 Å². The van der Waals surface area contributed by atoms with Crippen molar-refractivity contribution < 1.29 is 4.79 Å². The van der Waals surface area contributed by atoms with Crippen LogP contribution in [-0.2, 0) is 6.54 Å². The van der Waals surface area contributed by atoms with E-state index in [-0.39, 0.29) is 5.91 Å². The monoisotopic (exact) mass is 372 g/mol. The molecule has 2 aromatic heterocycles. The van der Waals surface area contributed by atoms with Gasteiger partial charge in [0.25, 0.3) is 5.91 Å². The number of likely N-dealkylation sites (tertiary alicyclic amines) is 1. The first-order valence-corrected chi connectivity index (χ1v) is 9.98. The molecule has 1 saturated heterocycles. The summed E-state index contributed by atoms with van der Waals surface area (Å²) < 4.78 is 2.33. The molecule has 1 fully saturated rings. The van der Waals surface area contributed by atoms with Crippen LogP contribution in [0.15, 0.2) is 54.6 Å². The maximum Gasteiger partial charge on any atom is 0.270 e. The molecule has 0 radical (unpaired) electrons. The van der Waals surface area contributed by atoms with Crippen LogP contribution in [0.1, 0.15) is 29.2 Å². The van der Waals surface area contributed by atoms with Gasteiger partial charge in [0.05, 0.1) is 11.0 Å². The highest BCUT2D eigenvalue weighted by Gasteiger charge is 2.25. The molecule has 5 heteroatoms. The maximum atomic E-state index is 12.9. The number of carbonyl (C=O) groups is 1. The Kier molecular flexibility index (Phi) is 4.15. The third-order valence-corrected chi connectivity index (χ3v) is 5.95. The molecule has 28 heavy (non-hydrogen) atoms. The predicted octanol–water partition coefficient (Wildman–Crippen LogP) is 4.38. The zero-order valence-corrected chi connectivity index (χ0v) is 16.1.